The van der Waals surface area contributed by atoms with E-state index in [1.165, 1.54) is 0 Å². The molecule has 0 saturated heterocycles. The van der Waals surface area contributed by atoms with E-state index in [0.717, 1.165) is 12.2 Å². The second-order valence-electron chi connectivity index (χ2n) is 5.63. The first kappa shape index (κ1) is 14.8. The van der Waals surface area contributed by atoms with Gasteiger partial charge in [0.05, 0.1) is 18.3 Å². The van der Waals surface area contributed by atoms with Crippen LogP contribution in [0.1, 0.15) is 37.6 Å². The molecule has 1 aromatic rings. The number of rotatable bonds is 5. The molecule has 1 aliphatic carbocycles. The normalized spacial score (nSPS) is 23.8. The third-order valence-corrected chi connectivity index (χ3v) is 4.06. The summed E-state index contributed by atoms with van der Waals surface area (Å²) >= 11 is 0. The van der Waals surface area contributed by atoms with Crippen LogP contribution in [0.3, 0.4) is 0 Å². The minimum Gasteiger partial charge on any atom is -0.462 e. The molecule has 1 saturated carbocycles. The highest BCUT2D eigenvalue weighted by atomic mass is 16.5. The zero-order chi connectivity index (χ0) is 14.8. The van der Waals surface area contributed by atoms with Crippen LogP contribution in [0.25, 0.3) is 0 Å². The minimum absolute atomic E-state index is 0.0796. The van der Waals surface area contributed by atoms with Gasteiger partial charge in [-0.1, -0.05) is 13.8 Å². The van der Waals surface area contributed by atoms with E-state index in [2.05, 4.69) is 24.1 Å². The number of pyridine rings is 1. The number of carbonyl (C=O) groups is 1. The van der Waals surface area contributed by atoms with Crippen molar-refractivity contribution >= 4 is 11.8 Å². The fraction of sp³-hybridized carbons (Fsp3) is 0.600. The summed E-state index contributed by atoms with van der Waals surface area (Å²) in [6.45, 7) is 6.50. The van der Waals surface area contributed by atoms with E-state index in [-0.39, 0.29) is 17.5 Å². The third kappa shape index (κ3) is 2.77. The molecule has 0 bridgehead atoms. The maximum Gasteiger partial charge on any atom is 0.339 e. The van der Waals surface area contributed by atoms with Crippen LogP contribution in [0.4, 0.5) is 5.82 Å². The van der Waals surface area contributed by atoms with Crippen molar-refractivity contribution in [1.29, 1.82) is 0 Å². The van der Waals surface area contributed by atoms with E-state index in [4.69, 9.17) is 9.47 Å². The van der Waals surface area contributed by atoms with Crippen LogP contribution in [0.5, 0.6) is 0 Å². The van der Waals surface area contributed by atoms with E-state index >= 15 is 0 Å². The molecule has 2 rings (SSSR count). The van der Waals surface area contributed by atoms with Gasteiger partial charge in [-0.2, -0.15) is 0 Å². The summed E-state index contributed by atoms with van der Waals surface area (Å²) in [6.07, 6.45) is 2.78. The topological polar surface area (TPSA) is 60.5 Å². The number of hydrogen-bond acceptors (Lipinski definition) is 5. The number of nitrogens with one attached hydrogen (secondary N) is 1. The molecule has 20 heavy (non-hydrogen) atoms. The third-order valence-electron chi connectivity index (χ3n) is 4.06. The van der Waals surface area contributed by atoms with E-state index in [1.807, 2.05) is 6.07 Å². The Labute approximate surface area is 119 Å². The average molecular weight is 278 g/mol. The standard InChI is InChI=1S/C15H22N2O3/c1-5-20-14(18)10-6-7-13(16-9-10)17-11-8-12(19-4)15(11,2)3/h6-7,9,11-12H,5,8H2,1-4H3,(H,16,17). The quantitative estimate of drug-likeness (QED) is 0.838. The molecule has 1 aromatic heterocycles. The lowest BCUT2D eigenvalue weighted by molar-refractivity contribution is -0.0795. The Hall–Kier alpha value is -1.62. The van der Waals surface area contributed by atoms with Gasteiger partial charge < -0.3 is 14.8 Å². The average Bonchev–Trinajstić information content (AvgIpc) is 2.44. The van der Waals surface area contributed by atoms with Crippen LogP contribution >= 0.6 is 0 Å². The molecule has 0 radical (unpaired) electrons. The summed E-state index contributed by atoms with van der Waals surface area (Å²) in [5, 5.41) is 3.39. The Kier molecular flexibility index (Phi) is 4.28. The maximum absolute atomic E-state index is 11.5. The zero-order valence-electron chi connectivity index (χ0n) is 12.5. The summed E-state index contributed by atoms with van der Waals surface area (Å²) in [4.78, 5) is 15.8. The molecule has 5 heteroatoms. The van der Waals surface area contributed by atoms with Crippen LogP contribution in [-0.4, -0.2) is 36.8 Å². The Balaban J connectivity index is 1.97. The number of esters is 1. The van der Waals surface area contributed by atoms with Crippen molar-refractivity contribution in [2.24, 2.45) is 5.41 Å². The molecule has 5 nitrogen and oxygen atoms in total. The number of hydrogen-bond donors (Lipinski definition) is 1. The fourth-order valence-corrected chi connectivity index (χ4v) is 2.52. The van der Waals surface area contributed by atoms with Gasteiger partial charge in [-0.25, -0.2) is 9.78 Å². The highest BCUT2D eigenvalue weighted by Gasteiger charge is 2.48. The van der Waals surface area contributed by atoms with Crippen molar-refractivity contribution in [3.05, 3.63) is 23.9 Å². The van der Waals surface area contributed by atoms with Gasteiger partial charge in [0.15, 0.2) is 0 Å². The fourth-order valence-electron chi connectivity index (χ4n) is 2.52. The van der Waals surface area contributed by atoms with Crippen molar-refractivity contribution in [3.8, 4) is 0 Å². The molecule has 0 spiro atoms. The smallest absolute Gasteiger partial charge is 0.339 e. The zero-order valence-corrected chi connectivity index (χ0v) is 12.5. The van der Waals surface area contributed by atoms with Gasteiger partial charge in [0, 0.05) is 24.8 Å². The van der Waals surface area contributed by atoms with Gasteiger partial charge >= 0.3 is 5.97 Å². The predicted molar refractivity (Wildman–Crippen MR) is 76.8 cm³/mol. The second kappa shape index (κ2) is 5.79. The summed E-state index contributed by atoms with van der Waals surface area (Å²) in [5.41, 5.74) is 0.552. The molecule has 1 aliphatic rings. The van der Waals surface area contributed by atoms with Gasteiger partial charge in [0.1, 0.15) is 5.82 Å². The molecular weight excluding hydrogens is 256 g/mol. The first-order valence-electron chi connectivity index (χ1n) is 6.91. The summed E-state index contributed by atoms with van der Waals surface area (Å²) in [6, 6.07) is 3.86. The highest BCUT2D eigenvalue weighted by Crippen LogP contribution is 2.43. The van der Waals surface area contributed by atoms with Crippen molar-refractivity contribution in [2.75, 3.05) is 19.0 Å². The van der Waals surface area contributed by atoms with Gasteiger partial charge in [-0.15, -0.1) is 0 Å². The number of anilines is 1. The highest BCUT2D eigenvalue weighted by molar-refractivity contribution is 5.89. The van der Waals surface area contributed by atoms with Crippen molar-refractivity contribution in [3.63, 3.8) is 0 Å². The second-order valence-corrected chi connectivity index (χ2v) is 5.63. The van der Waals surface area contributed by atoms with Crippen molar-refractivity contribution in [1.82, 2.24) is 4.98 Å². The number of methoxy groups -OCH3 is 1. The van der Waals surface area contributed by atoms with Gasteiger partial charge in [0.25, 0.3) is 0 Å². The van der Waals surface area contributed by atoms with E-state index in [9.17, 15) is 4.79 Å². The molecule has 2 unspecified atom stereocenters. The van der Waals surface area contributed by atoms with Gasteiger partial charge in [-0.05, 0) is 25.5 Å². The lowest BCUT2D eigenvalue weighted by Gasteiger charge is -2.51. The minimum atomic E-state index is -0.338. The Morgan fingerprint density at radius 2 is 2.25 bits per heavy atom. The number of nitrogens with zero attached hydrogens (tertiary/aromatic N) is 1. The Bertz CT molecular complexity index is 471. The first-order chi connectivity index (χ1) is 9.48. The SMILES string of the molecule is CCOC(=O)c1ccc(NC2CC(OC)C2(C)C)nc1. The van der Waals surface area contributed by atoms with E-state index < -0.39 is 0 Å². The molecule has 1 heterocycles. The lowest BCUT2D eigenvalue weighted by Crippen LogP contribution is -2.57. The van der Waals surface area contributed by atoms with Crippen LogP contribution in [0.2, 0.25) is 0 Å². The molecule has 0 aliphatic heterocycles. The first-order valence-corrected chi connectivity index (χ1v) is 6.91. The molecule has 110 valence electrons. The summed E-state index contributed by atoms with van der Waals surface area (Å²) in [5.74, 6) is 0.431. The van der Waals surface area contributed by atoms with Crippen LogP contribution in [0.15, 0.2) is 18.3 Å². The number of aromatic nitrogens is 1. The molecule has 2 atom stereocenters. The largest absolute Gasteiger partial charge is 0.462 e. The lowest BCUT2D eigenvalue weighted by atomic mass is 9.64. The van der Waals surface area contributed by atoms with E-state index in [1.54, 1.807) is 26.3 Å². The van der Waals surface area contributed by atoms with Crippen LogP contribution in [-0.2, 0) is 9.47 Å². The van der Waals surface area contributed by atoms with Crippen molar-refractivity contribution in [2.45, 2.75) is 39.3 Å². The molecule has 0 amide bonds. The number of ether oxygens (including phenoxy) is 2. The van der Waals surface area contributed by atoms with Crippen LogP contribution < -0.4 is 5.32 Å². The predicted octanol–water partition coefficient (Wildman–Crippen LogP) is 2.48. The molecular formula is C15H22N2O3. The number of carbonyl (C=O) groups excluding carboxylic acids is 1. The van der Waals surface area contributed by atoms with Gasteiger partial charge in [-0.3, -0.25) is 0 Å². The van der Waals surface area contributed by atoms with Crippen molar-refractivity contribution < 1.29 is 14.3 Å². The summed E-state index contributed by atoms with van der Waals surface area (Å²) < 4.78 is 10.4. The molecule has 0 aromatic carbocycles. The maximum atomic E-state index is 11.5. The van der Waals surface area contributed by atoms with E-state index in [0.29, 0.717) is 18.2 Å². The monoisotopic (exact) mass is 278 g/mol. The Morgan fingerprint density at radius 3 is 2.75 bits per heavy atom. The Morgan fingerprint density at radius 1 is 1.50 bits per heavy atom. The van der Waals surface area contributed by atoms with Gasteiger partial charge in [0.2, 0.25) is 0 Å². The summed E-state index contributed by atoms with van der Waals surface area (Å²) in [7, 11) is 1.75. The molecule has 1 fully saturated rings. The molecule has 1 N–H and O–H groups in total. The van der Waals surface area contributed by atoms with Crippen LogP contribution in [0, 0.1) is 5.41 Å².